The summed E-state index contributed by atoms with van der Waals surface area (Å²) in [5, 5.41) is 4.97. The fraction of sp³-hybridized carbons (Fsp3) is 0.500. The van der Waals surface area contributed by atoms with Gasteiger partial charge >= 0.3 is 0 Å². The molecule has 2 heterocycles. The van der Waals surface area contributed by atoms with Gasteiger partial charge in [0.15, 0.2) is 0 Å². The van der Waals surface area contributed by atoms with E-state index >= 15 is 4.39 Å². The number of rotatable bonds is 6. The van der Waals surface area contributed by atoms with Crippen molar-refractivity contribution in [3.8, 4) is 16.9 Å². The molecule has 0 aliphatic heterocycles. The Morgan fingerprint density at radius 3 is 2.75 bits per heavy atom. The summed E-state index contributed by atoms with van der Waals surface area (Å²) in [5.74, 6) is 0.624. The lowest BCUT2D eigenvalue weighted by Gasteiger charge is -2.28. The number of ketones is 1. The van der Waals surface area contributed by atoms with Gasteiger partial charge < -0.3 is 4.74 Å². The number of carbonyl (C=O) groups is 1. The monoisotopic (exact) mass is 435 g/mol. The van der Waals surface area contributed by atoms with E-state index in [1.165, 1.54) is 12.5 Å². The summed E-state index contributed by atoms with van der Waals surface area (Å²) >= 11 is 0. The van der Waals surface area contributed by atoms with Crippen molar-refractivity contribution in [1.29, 1.82) is 0 Å². The maximum atomic E-state index is 15.2. The molecule has 2 fully saturated rings. The van der Waals surface area contributed by atoms with Crippen molar-refractivity contribution in [3.05, 3.63) is 42.1 Å². The summed E-state index contributed by atoms with van der Waals surface area (Å²) < 4.78 is 23.6. The number of pyridine rings is 1. The molecule has 2 aliphatic carbocycles. The van der Waals surface area contributed by atoms with E-state index in [9.17, 15) is 4.79 Å². The first kappa shape index (κ1) is 21.1. The van der Waals surface area contributed by atoms with Crippen LogP contribution in [0.15, 0.2) is 30.6 Å². The Morgan fingerprint density at radius 2 is 2.03 bits per heavy atom. The molecule has 2 aromatic heterocycles. The number of aromatic nitrogens is 3. The van der Waals surface area contributed by atoms with Crippen LogP contribution in [0.1, 0.15) is 70.5 Å². The van der Waals surface area contributed by atoms with E-state index in [0.717, 1.165) is 36.8 Å². The topological polar surface area (TPSA) is 57.0 Å². The molecule has 2 aliphatic rings. The first-order valence-electron chi connectivity index (χ1n) is 11.9. The van der Waals surface area contributed by atoms with Gasteiger partial charge in [-0.3, -0.25) is 14.5 Å². The van der Waals surface area contributed by atoms with Gasteiger partial charge in [0.1, 0.15) is 17.3 Å². The molecule has 2 saturated carbocycles. The maximum Gasteiger partial charge on any atom is 0.138 e. The molecule has 168 valence electrons. The summed E-state index contributed by atoms with van der Waals surface area (Å²) in [4.78, 5) is 16.7. The number of aryl methyl sites for hydroxylation is 1. The summed E-state index contributed by atoms with van der Waals surface area (Å²) in [6, 6.07) is 5.81. The van der Waals surface area contributed by atoms with Crippen LogP contribution < -0.4 is 4.74 Å². The van der Waals surface area contributed by atoms with E-state index < -0.39 is 0 Å². The standard InChI is InChI=1S/C26H30FN3O2/c1-3-20-13-23(27)26-24(29-20)11-18(19-14-28-30(15-19)21-7-5-8-21)12-25(26)32-16(2)17-6-4-9-22(31)10-17/h11-17,21H,3-10H2,1-2H3/t16-,17?/m1/s1. The van der Waals surface area contributed by atoms with E-state index in [1.807, 2.05) is 36.9 Å². The predicted octanol–water partition coefficient (Wildman–Crippen LogP) is 6.05. The van der Waals surface area contributed by atoms with Crippen molar-refractivity contribution in [2.45, 2.75) is 77.4 Å². The number of carbonyl (C=O) groups excluding carboxylic acids is 1. The molecular weight excluding hydrogens is 405 g/mol. The Hall–Kier alpha value is -2.76. The number of hydrogen-bond donors (Lipinski definition) is 0. The molecular formula is C26H30FN3O2. The van der Waals surface area contributed by atoms with Crippen LogP contribution in [0, 0.1) is 11.7 Å². The molecule has 3 aromatic rings. The minimum atomic E-state index is -0.314. The van der Waals surface area contributed by atoms with Crippen molar-refractivity contribution in [2.24, 2.45) is 5.92 Å². The van der Waals surface area contributed by atoms with Crippen LogP contribution in [0.2, 0.25) is 0 Å². The summed E-state index contributed by atoms with van der Waals surface area (Å²) in [6.07, 6.45) is 11.0. The molecule has 5 rings (SSSR count). The fourth-order valence-electron chi connectivity index (χ4n) is 4.87. The number of nitrogens with zero attached hydrogens (tertiary/aromatic N) is 3. The number of fused-ring (bicyclic) bond motifs is 1. The van der Waals surface area contributed by atoms with E-state index in [0.29, 0.717) is 53.4 Å². The minimum Gasteiger partial charge on any atom is -0.490 e. The van der Waals surface area contributed by atoms with Crippen LogP contribution in [-0.2, 0) is 11.2 Å². The Bertz CT molecular complexity index is 1150. The Morgan fingerprint density at radius 1 is 1.19 bits per heavy atom. The van der Waals surface area contributed by atoms with Gasteiger partial charge in [0.05, 0.1) is 29.2 Å². The molecule has 1 unspecified atom stereocenters. The molecule has 6 heteroatoms. The van der Waals surface area contributed by atoms with Gasteiger partial charge in [0, 0.05) is 36.2 Å². The lowest BCUT2D eigenvalue weighted by Crippen LogP contribution is -2.29. The molecule has 1 aromatic carbocycles. The fourth-order valence-corrected chi connectivity index (χ4v) is 4.87. The van der Waals surface area contributed by atoms with E-state index in [4.69, 9.17) is 9.72 Å². The first-order chi connectivity index (χ1) is 15.5. The van der Waals surface area contributed by atoms with Gasteiger partial charge in [-0.2, -0.15) is 5.10 Å². The molecule has 2 atom stereocenters. The lowest BCUT2D eigenvalue weighted by molar-refractivity contribution is -0.122. The van der Waals surface area contributed by atoms with Crippen molar-refractivity contribution in [2.75, 3.05) is 0 Å². The van der Waals surface area contributed by atoms with Gasteiger partial charge in [-0.25, -0.2) is 4.39 Å². The number of Topliss-reactive ketones (excluding diaryl/α,β-unsaturated/α-hetero) is 1. The molecule has 0 N–H and O–H groups in total. The minimum absolute atomic E-state index is 0.155. The predicted molar refractivity (Wildman–Crippen MR) is 122 cm³/mol. The molecule has 0 bridgehead atoms. The van der Waals surface area contributed by atoms with Crippen molar-refractivity contribution >= 4 is 16.7 Å². The van der Waals surface area contributed by atoms with Gasteiger partial charge in [0.2, 0.25) is 0 Å². The average Bonchev–Trinajstić information content (AvgIpc) is 3.21. The normalized spacial score (nSPS) is 20.3. The van der Waals surface area contributed by atoms with E-state index in [-0.39, 0.29) is 17.8 Å². The van der Waals surface area contributed by atoms with Crippen molar-refractivity contribution < 1.29 is 13.9 Å². The smallest absolute Gasteiger partial charge is 0.138 e. The summed E-state index contributed by atoms with van der Waals surface area (Å²) in [5.41, 5.74) is 3.21. The maximum absolute atomic E-state index is 15.2. The highest BCUT2D eigenvalue weighted by atomic mass is 19.1. The summed E-state index contributed by atoms with van der Waals surface area (Å²) in [6.45, 7) is 3.96. The largest absolute Gasteiger partial charge is 0.490 e. The number of hydrogen-bond acceptors (Lipinski definition) is 4. The highest BCUT2D eigenvalue weighted by molar-refractivity contribution is 5.90. The van der Waals surface area contributed by atoms with Crippen LogP contribution >= 0.6 is 0 Å². The van der Waals surface area contributed by atoms with Gasteiger partial charge in [-0.15, -0.1) is 0 Å². The second kappa shape index (κ2) is 8.64. The third-order valence-electron chi connectivity index (χ3n) is 7.12. The molecule has 5 nitrogen and oxygen atoms in total. The third-order valence-corrected chi connectivity index (χ3v) is 7.12. The van der Waals surface area contributed by atoms with Crippen LogP contribution in [0.4, 0.5) is 4.39 Å². The quantitative estimate of drug-likeness (QED) is 0.473. The van der Waals surface area contributed by atoms with Crippen molar-refractivity contribution in [3.63, 3.8) is 0 Å². The molecule has 0 radical (unpaired) electrons. The third kappa shape index (κ3) is 4.03. The zero-order valence-corrected chi connectivity index (χ0v) is 18.8. The SMILES string of the molecule is CCc1cc(F)c2c(O[C@H](C)C3CCCC(=O)C3)cc(-c3cnn(C4CCC4)c3)cc2n1. The van der Waals surface area contributed by atoms with E-state index in [1.54, 1.807) is 0 Å². The van der Waals surface area contributed by atoms with Gasteiger partial charge in [-0.1, -0.05) is 6.92 Å². The van der Waals surface area contributed by atoms with Gasteiger partial charge in [0.25, 0.3) is 0 Å². The highest BCUT2D eigenvalue weighted by Gasteiger charge is 2.27. The summed E-state index contributed by atoms with van der Waals surface area (Å²) in [7, 11) is 0. The Balaban J connectivity index is 1.54. The number of ether oxygens (including phenoxy) is 1. The van der Waals surface area contributed by atoms with Gasteiger partial charge in [-0.05, 0) is 69.2 Å². The number of benzene rings is 1. The Labute approximate surface area is 188 Å². The molecule has 0 spiro atoms. The Kier molecular flexibility index (Phi) is 5.70. The van der Waals surface area contributed by atoms with Crippen LogP contribution in [-0.4, -0.2) is 26.7 Å². The lowest BCUT2D eigenvalue weighted by atomic mass is 9.85. The van der Waals surface area contributed by atoms with Crippen LogP contribution in [0.3, 0.4) is 0 Å². The number of halogens is 1. The first-order valence-corrected chi connectivity index (χ1v) is 11.9. The zero-order chi connectivity index (χ0) is 22.2. The molecule has 0 amide bonds. The second-order valence-corrected chi connectivity index (χ2v) is 9.33. The molecule has 32 heavy (non-hydrogen) atoms. The van der Waals surface area contributed by atoms with Crippen molar-refractivity contribution in [1.82, 2.24) is 14.8 Å². The van der Waals surface area contributed by atoms with Crippen LogP contribution in [0.5, 0.6) is 5.75 Å². The second-order valence-electron chi connectivity index (χ2n) is 9.33. The van der Waals surface area contributed by atoms with Crippen LogP contribution in [0.25, 0.3) is 22.0 Å². The zero-order valence-electron chi connectivity index (χ0n) is 18.8. The molecule has 0 saturated heterocycles. The highest BCUT2D eigenvalue weighted by Crippen LogP contribution is 2.37. The average molecular weight is 436 g/mol. The van der Waals surface area contributed by atoms with E-state index in [2.05, 4.69) is 11.3 Å².